The van der Waals surface area contributed by atoms with E-state index in [1.807, 2.05) is 18.2 Å². The average molecular weight is 389 g/mol. The molecule has 1 saturated heterocycles. The van der Waals surface area contributed by atoms with Gasteiger partial charge in [-0.05, 0) is 23.8 Å². The second kappa shape index (κ2) is 9.85. The van der Waals surface area contributed by atoms with E-state index in [1.165, 1.54) is 5.56 Å². The minimum absolute atomic E-state index is 0.00772. The number of carbonyl (C=O) groups is 1. The molecular formula is C21H25ClN2O3. The summed E-state index contributed by atoms with van der Waals surface area (Å²) in [6.45, 7) is 4.22. The van der Waals surface area contributed by atoms with Gasteiger partial charge in [0.05, 0.1) is 31.9 Å². The van der Waals surface area contributed by atoms with Crippen LogP contribution in [0.4, 0.5) is 0 Å². The number of hydrogen-bond donors (Lipinski definition) is 1. The lowest BCUT2D eigenvalue weighted by atomic mass is 10.0. The first-order valence-electron chi connectivity index (χ1n) is 9.13. The van der Waals surface area contributed by atoms with E-state index in [0.29, 0.717) is 22.9 Å². The quantitative estimate of drug-likeness (QED) is 0.704. The Balaban J connectivity index is 1.61. The van der Waals surface area contributed by atoms with Gasteiger partial charge in [-0.15, -0.1) is 0 Å². The van der Waals surface area contributed by atoms with Crippen molar-refractivity contribution >= 4 is 17.4 Å². The number of ether oxygens (including phenoxy) is 2. The molecule has 0 saturated carbocycles. The smallest absolute Gasteiger partial charge is 0.176 e. The second-order valence-corrected chi connectivity index (χ2v) is 6.89. The van der Waals surface area contributed by atoms with E-state index in [9.17, 15) is 4.79 Å². The Morgan fingerprint density at radius 1 is 1.22 bits per heavy atom. The monoisotopic (exact) mass is 388 g/mol. The summed E-state index contributed by atoms with van der Waals surface area (Å²) < 4.78 is 10.6. The number of hydrogen-bond acceptors (Lipinski definition) is 5. The number of nitrogens with one attached hydrogen (secondary N) is 1. The maximum Gasteiger partial charge on any atom is 0.176 e. The molecule has 27 heavy (non-hydrogen) atoms. The molecule has 2 aromatic rings. The molecule has 3 rings (SSSR count). The average Bonchev–Trinajstić information content (AvgIpc) is 2.72. The summed E-state index contributed by atoms with van der Waals surface area (Å²) in [4.78, 5) is 14.9. The summed E-state index contributed by atoms with van der Waals surface area (Å²) in [5, 5.41) is 3.76. The largest absolute Gasteiger partial charge is 0.495 e. The molecule has 0 spiro atoms. The van der Waals surface area contributed by atoms with Gasteiger partial charge in [-0.25, -0.2) is 0 Å². The zero-order valence-corrected chi connectivity index (χ0v) is 16.2. The summed E-state index contributed by atoms with van der Waals surface area (Å²) in [6, 6.07) is 15.7. The first-order valence-corrected chi connectivity index (χ1v) is 9.51. The maximum absolute atomic E-state index is 12.5. The molecule has 1 unspecified atom stereocenters. The van der Waals surface area contributed by atoms with Crippen LogP contribution in [0.15, 0.2) is 48.5 Å². The number of benzene rings is 2. The zero-order valence-electron chi connectivity index (χ0n) is 15.5. The third-order valence-electron chi connectivity index (χ3n) is 4.77. The number of methoxy groups -OCH3 is 1. The molecule has 0 radical (unpaired) electrons. The van der Waals surface area contributed by atoms with E-state index in [0.717, 1.165) is 26.3 Å². The van der Waals surface area contributed by atoms with Crippen LogP contribution in [0, 0.1) is 0 Å². The number of carbonyl (C=O) groups excluding carboxylic acids is 1. The predicted octanol–water partition coefficient (Wildman–Crippen LogP) is 3.19. The van der Waals surface area contributed by atoms with Gasteiger partial charge in [-0.1, -0.05) is 41.9 Å². The third-order valence-corrected chi connectivity index (χ3v) is 5.06. The molecule has 1 heterocycles. The molecule has 0 amide bonds. The third kappa shape index (κ3) is 5.30. The van der Waals surface area contributed by atoms with Crippen molar-refractivity contribution in [3.63, 3.8) is 0 Å². The van der Waals surface area contributed by atoms with Gasteiger partial charge in [0.15, 0.2) is 5.78 Å². The van der Waals surface area contributed by atoms with Gasteiger partial charge < -0.3 is 14.8 Å². The van der Waals surface area contributed by atoms with Gasteiger partial charge in [0, 0.05) is 31.2 Å². The molecule has 144 valence electrons. The molecule has 0 aliphatic carbocycles. The van der Waals surface area contributed by atoms with Gasteiger partial charge in [0.2, 0.25) is 0 Å². The molecule has 1 atom stereocenters. The van der Waals surface area contributed by atoms with Crippen molar-refractivity contribution in [1.82, 2.24) is 10.2 Å². The van der Waals surface area contributed by atoms with Crippen molar-refractivity contribution in [1.29, 1.82) is 0 Å². The normalized spacial score (nSPS) is 16.1. The number of rotatable bonds is 8. The zero-order chi connectivity index (χ0) is 19.1. The summed E-state index contributed by atoms with van der Waals surface area (Å²) in [5.41, 5.74) is 1.82. The minimum Gasteiger partial charge on any atom is -0.495 e. The highest BCUT2D eigenvalue weighted by Gasteiger charge is 2.22. The Kier molecular flexibility index (Phi) is 7.24. The Hall–Kier alpha value is -1.92. The fourth-order valence-electron chi connectivity index (χ4n) is 3.29. The van der Waals surface area contributed by atoms with Crippen LogP contribution in [0.3, 0.4) is 0 Å². The van der Waals surface area contributed by atoms with Crippen LogP contribution in [-0.2, 0) is 4.74 Å². The number of halogens is 1. The lowest BCUT2D eigenvalue weighted by Crippen LogP contribution is -2.43. The van der Waals surface area contributed by atoms with E-state index in [4.69, 9.17) is 21.1 Å². The van der Waals surface area contributed by atoms with Crippen molar-refractivity contribution in [3.8, 4) is 5.75 Å². The molecule has 1 N–H and O–H groups in total. The van der Waals surface area contributed by atoms with Gasteiger partial charge >= 0.3 is 0 Å². The highest BCUT2D eigenvalue weighted by Crippen LogP contribution is 2.25. The van der Waals surface area contributed by atoms with Crippen LogP contribution < -0.4 is 10.1 Å². The molecule has 6 heteroatoms. The lowest BCUT2D eigenvalue weighted by molar-refractivity contribution is 0.0162. The highest BCUT2D eigenvalue weighted by atomic mass is 35.5. The Bertz CT molecular complexity index is 748. The number of Topliss-reactive ketones (excluding diaryl/α,β-unsaturated/α-hetero) is 1. The van der Waals surface area contributed by atoms with Gasteiger partial charge in [-0.2, -0.15) is 0 Å². The van der Waals surface area contributed by atoms with Crippen LogP contribution in [0.5, 0.6) is 5.75 Å². The van der Waals surface area contributed by atoms with E-state index < -0.39 is 0 Å². The minimum atomic E-state index is 0.00772. The number of ketones is 1. The van der Waals surface area contributed by atoms with Crippen LogP contribution >= 0.6 is 11.6 Å². The molecular weight excluding hydrogens is 364 g/mol. The number of morpholine rings is 1. The molecule has 5 nitrogen and oxygen atoms in total. The standard InChI is InChI=1S/C21H25ClN2O3/c1-26-21-8-7-17(13-18(21)22)20(25)15-23-14-19(16-5-3-2-4-6-16)24-9-11-27-12-10-24/h2-8,13,19,23H,9-12,14-15H2,1H3. The molecule has 2 aromatic carbocycles. The van der Waals surface area contributed by atoms with Crippen LogP contribution in [0.25, 0.3) is 0 Å². The van der Waals surface area contributed by atoms with Gasteiger partial charge in [0.1, 0.15) is 5.75 Å². The van der Waals surface area contributed by atoms with E-state index in [2.05, 4.69) is 22.3 Å². The van der Waals surface area contributed by atoms with Crippen molar-refractivity contribution in [3.05, 3.63) is 64.7 Å². The maximum atomic E-state index is 12.5. The SMILES string of the molecule is COc1ccc(C(=O)CNCC(c2ccccc2)N2CCOCC2)cc1Cl. The van der Waals surface area contributed by atoms with Crippen LogP contribution in [0.2, 0.25) is 5.02 Å². The second-order valence-electron chi connectivity index (χ2n) is 6.48. The molecule has 1 aliphatic rings. The molecule has 1 aliphatic heterocycles. The van der Waals surface area contributed by atoms with Crippen molar-refractivity contribution < 1.29 is 14.3 Å². The summed E-state index contributed by atoms with van der Waals surface area (Å²) in [6.07, 6.45) is 0. The van der Waals surface area contributed by atoms with E-state index in [1.54, 1.807) is 25.3 Å². The summed E-state index contributed by atoms with van der Waals surface area (Å²) in [5.74, 6) is 0.575. The Labute approximate surface area is 165 Å². The first-order chi connectivity index (χ1) is 13.2. The van der Waals surface area contributed by atoms with Crippen molar-refractivity contribution in [2.75, 3.05) is 46.5 Å². The van der Waals surface area contributed by atoms with Crippen LogP contribution in [0.1, 0.15) is 22.0 Å². The number of nitrogens with zero attached hydrogens (tertiary/aromatic N) is 1. The Morgan fingerprint density at radius 3 is 2.63 bits per heavy atom. The van der Waals surface area contributed by atoms with Gasteiger partial charge in [0.25, 0.3) is 0 Å². The Morgan fingerprint density at radius 2 is 1.96 bits per heavy atom. The molecule has 0 aromatic heterocycles. The van der Waals surface area contributed by atoms with Crippen molar-refractivity contribution in [2.24, 2.45) is 0 Å². The van der Waals surface area contributed by atoms with Crippen molar-refractivity contribution in [2.45, 2.75) is 6.04 Å². The predicted molar refractivity (Wildman–Crippen MR) is 107 cm³/mol. The van der Waals surface area contributed by atoms with Gasteiger partial charge in [-0.3, -0.25) is 9.69 Å². The summed E-state index contributed by atoms with van der Waals surface area (Å²) >= 11 is 6.12. The van der Waals surface area contributed by atoms with Crippen LogP contribution in [-0.4, -0.2) is 57.2 Å². The van der Waals surface area contributed by atoms with E-state index >= 15 is 0 Å². The highest BCUT2D eigenvalue weighted by molar-refractivity contribution is 6.32. The first kappa shape index (κ1) is 19.8. The fraction of sp³-hybridized carbons (Fsp3) is 0.381. The molecule has 1 fully saturated rings. The fourth-order valence-corrected chi connectivity index (χ4v) is 3.54. The topological polar surface area (TPSA) is 50.8 Å². The van der Waals surface area contributed by atoms with E-state index in [-0.39, 0.29) is 18.4 Å². The summed E-state index contributed by atoms with van der Waals surface area (Å²) in [7, 11) is 1.56. The molecule has 0 bridgehead atoms. The lowest BCUT2D eigenvalue weighted by Gasteiger charge is -2.35.